The molecule has 1 fully saturated rings. The quantitative estimate of drug-likeness (QED) is 0.871. The molecule has 0 spiro atoms. The number of benzene rings is 1. The summed E-state index contributed by atoms with van der Waals surface area (Å²) in [6.45, 7) is 2.98. The minimum atomic E-state index is -3.56. The number of anilines is 1. The third-order valence-corrected chi connectivity index (χ3v) is 5.90. The molecular weight excluding hydrogens is 288 g/mol. The first-order valence-corrected chi connectivity index (χ1v) is 8.85. The van der Waals surface area contributed by atoms with Crippen LogP contribution in [0, 0.1) is 6.92 Å². The lowest BCUT2D eigenvalue weighted by atomic mass is 10.1. The Morgan fingerprint density at radius 1 is 1.10 bits per heavy atom. The number of nitrogen functional groups attached to an aromatic ring is 1. The van der Waals surface area contributed by atoms with Crippen molar-refractivity contribution in [1.82, 2.24) is 4.31 Å². The van der Waals surface area contributed by atoms with Gasteiger partial charge < -0.3 is 10.5 Å². The minimum Gasteiger partial charge on any atom is -0.495 e. The Morgan fingerprint density at radius 3 is 2.24 bits per heavy atom. The number of hydrogen-bond acceptors (Lipinski definition) is 4. The van der Waals surface area contributed by atoms with Crippen LogP contribution in [0.5, 0.6) is 5.75 Å². The van der Waals surface area contributed by atoms with E-state index in [1.807, 2.05) is 6.92 Å². The van der Waals surface area contributed by atoms with E-state index < -0.39 is 10.0 Å². The SMILES string of the molecule is COc1cc(C)c(N)cc1S(=O)(=O)N1CCCCCCC1. The Kier molecular flexibility index (Phi) is 5.11. The molecule has 0 saturated carbocycles. The van der Waals surface area contributed by atoms with Crippen LogP contribution in [0.15, 0.2) is 17.0 Å². The van der Waals surface area contributed by atoms with Crippen molar-refractivity contribution in [2.75, 3.05) is 25.9 Å². The van der Waals surface area contributed by atoms with E-state index in [0.29, 0.717) is 24.5 Å². The topological polar surface area (TPSA) is 72.6 Å². The molecule has 1 aliphatic heterocycles. The van der Waals surface area contributed by atoms with E-state index in [0.717, 1.165) is 31.2 Å². The zero-order valence-corrected chi connectivity index (χ0v) is 13.6. The fourth-order valence-corrected chi connectivity index (χ4v) is 4.33. The van der Waals surface area contributed by atoms with Crippen LogP contribution in [0.25, 0.3) is 0 Å². The van der Waals surface area contributed by atoms with Gasteiger partial charge in [0.1, 0.15) is 10.6 Å². The molecule has 1 aromatic rings. The van der Waals surface area contributed by atoms with Gasteiger partial charge in [-0.1, -0.05) is 19.3 Å². The van der Waals surface area contributed by atoms with Crippen molar-refractivity contribution in [3.05, 3.63) is 17.7 Å². The zero-order chi connectivity index (χ0) is 15.5. The maximum absolute atomic E-state index is 12.9. The molecule has 2 rings (SSSR count). The van der Waals surface area contributed by atoms with Gasteiger partial charge in [-0.05, 0) is 37.5 Å². The van der Waals surface area contributed by atoms with E-state index in [2.05, 4.69) is 0 Å². The molecule has 0 aromatic heterocycles. The van der Waals surface area contributed by atoms with Crippen molar-refractivity contribution in [1.29, 1.82) is 0 Å². The molecule has 1 saturated heterocycles. The molecule has 1 aliphatic rings. The van der Waals surface area contributed by atoms with Gasteiger partial charge in [-0.3, -0.25) is 0 Å². The molecule has 1 heterocycles. The maximum atomic E-state index is 12.9. The summed E-state index contributed by atoms with van der Waals surface area (Å²) in [4.78, 5) is 0.175. The number of methoxy groups -OCH3 is 1. The lowest BCUT2D eigenvalue weighted by Crippen LogP contribution is -2.34. The Bertz CT molecular complexity index is 591. The van der Waals surface area contributed by atoms with Crippen LogP contribution >= 0.6 is 0 Å². The van der Waals surface area contributed by atoms with E-state index in [-0.39, 0.29) is 4.90 Å². The van der Waals surface area contributed by atoms with Crippen LogP contribution in [-0.4, -0.2) is 32.9 Å². The number of hydrogen-bond donors (Lipinski definition) is 1. The third-order valence-electron chi connectivity index (χ3n) is 3.99. The molecule has 118 valence electrons. The molecule has 6 heteroatoms. The highest BCUT2D eigenvalue weighted by Gasteiger charge is 2.28. The maximum Gasteiger partial charge on any atom is 0.246 e. The predicted octanol–water partition coefficient (Wildman–Crippen LogP) is 2.54. The fourth-order valence-electron chi connectivity index (χ4n) is 2.64. The number of rotatable bonds is 3. The van der Waals surface area contributed by atoms with Gasteiger partial charge in [0.15, 0.2) is 0 Å². The van der Waals surface area contributed by atoms with Crippen molar-refractivity contribution in [2.24, 2.45) is 0 Å². The Morgan fingerprint density at radius 2 is 1.67 bits per heavy atom. The first kappa shape index (κ1) is 16.1. The summed E-state index contributed by atoms with van der Waals surface area (Å²) in [5, 5.41) is 0. The zero-order valence-electron chi connectivity index (χ0n) is 12.8. The molecule has 0 unspecified atom stereocenters. The monoisotopic (exact) mass is 312 g/mol. The largest absolute Gasteiger partial charge is 0.495 e. The van der Waals surface area contributed by atoms with Gasteiger partial charge in [-0.15, -0.1) is 0 Å². The third kappa shape index (κ3) is 3.49. The lowest BCUT2D eigenvalue weighted by molar-refractivity contribution is 0.358. The van der Waals surface area contributed by atoms with Crippen LogP contribution < -0.4 is 10.5 Å². The van der Waals surface area contributed by atoms with Gasteiger partial charge in [-0.25, -0.2) is 8.42 Å². The highest BCUT2D eigenvalue weighted by Crippen LogP contribution is 2.31. The molecule has 21 heavy (non-hydrogen) atoms. The molecule has 0 atom stereocenters. The lowest BCUT2D eigenvalue weighted by Gasteiger charge is -2.25. The summed E-state index contributed by atoms with van der Waals surface area (Å²) in [7, 11) is -2.07. The summed E-state index contributed by atoms with van der Waals surface area (Å²) < 4.78 is 32.6. The standard InChI is InChI=1S/C15H24N2O3S/c1-12-10-14(20-2)15(11-13(12)16)21(18,19)17-8-6-4-3-5-7-9-17/h10-11H,3-9,16H2,1-2H3. The Hall–Kier alpha value is -1.27. The first-order chi connectivity index (χ1) is 9.96. The number of nitrogens with two attached hydrogens (primary N) is 1. The molecule has 5 nitrogen and oxygen atoms in total. The number of sulfonamides is 1. The van der Waals surface area contributed by atoms with E-state index in [4.69, 9.17) is 10.5 Å². The predicted molar refractivity (Wildman–Crippen MR) is 84.0 cm³/mol. The highest BCUT2D eigenvalue weighted by atomic mass is 32.2. The molecule has 0 aliphatic carbocycles. The van der Waals surface area contributed by atoms with Gasteiger partial charge >= 0.3 is 0 Å². The van der Waals surface area contributed by atoms with E-state index in [9.17, 15) is 8.42 Å². The summed E-state index contributed by atoms with van der Waals surface area (Å²) in [6, 6.07) is 3.20. The van der Waals surface area contributed by atoms with Crippen molar-refractivity contribution < 1.29 is 13.2 Å². The van der Waals surface area contributed by atoms with Crippen LogP contribution in [0.2, 0.25) is 0 Å². The van der Waals surface area contributed by atoms with E-state index in [1.165, 1.54) is 19.6 Å². The molecule has 1 aromatic carbocycles. The van der Waals surface area contributed by atoms with E-state index in [1.54, 1.807) is 10.4 Å². The normalized spacial score (nSPS) is 18.0. The second kappa shape index (κ2) is 6.66. The smallest absolute Gasteiger partial charge is 0.246 e. The molecule has 0 bridgehead atoms. The summed E-state index contributed by atoms with van der Waals surface area (Å²) >= 11 is 0. The van der Waals surface area contributed by atoms with Crippen molar-refractivity contribution in [3.63, 3.8) is 0 Å². The second-order valence-corrected chi connectivity index (χ2v) is 7.44. The molecular formula is C15H24N2O3S. The van der Waals surface area contributed by atoms with Gasteiger partial charge in [-0.2, -0.15) is 4.31 Å². The van der Waals surface area contributed by atoms with Gasteiger partial charge in [0.25, 0.3) is 0 Å². The van der Waals surface area contributed by atoms with Crippen LogP contribution in [-0.2, 0) is 10.0 Å². The average Bonchev–Trinajstić information content (AvgIpc) is 2.40. The fraction of sp³-hybridized carbons (Fsp3) is 0.600. The first-order valence-electron chi connectivity index (χ1n) is 7.41. The Labute approximate surface area is 127 Å². The Balaban J connectivity index is 2.40. The highest BCUT2D eigenvalue weighted by molar-refractivity contribution is 7.89. The van der Waals surface area contributed by atoms with Gasteiger partial charge in [0.2, 0.25) is 10.0 Å². The minimum absolute atomic E-state index is 0.175. The van der Waals surface area contributed by atoms with Crippen LogP contribution in [0.1, 0.15) is 37.7 Å². The number of aryl methyl sites for hydroxylation is 1. The summed E-state index contributed by atoms with van der Waals surface area (Å²) in [5.74, 6) is 0.365. The average molecular weight is 312 g/mol. The van der Waals surface area contributed by atoms with Crippen LogP contribution in [0.3, 0.4) is 0 Å². The van der Waals surface area contributed by atoms with E-state index >= 15 is 0 Å². The molecule has 0 radical (unpaired) electrons. The molecule has 0 amide bonds. The van der Waals surface area contributed by atoms with Gasteiger partial charge in [0, 0.05) is 18.8 Å². The van der Waals surface area contributed by atoms with Crippen molar-refractivity contribution in [3.8, 4) is 5.75 Å². The summed E-state index contributed by atoms with van der Waals surface area (Å²) in [5.41, 5.74) is 7.18. The second-order valence-electron chi connectivity index (χ2n) is 5.53. The van der Waals surface area contributed by atoms with Crippen molar-refractivity contribution in [2.45, 2.75) is 43.9 Å². The number of nitrogens with zero attached hydrogens (tertiary/aromatic N) is 1. The van der Waals surface area contributed by atoms with Crippen molar-refractivity contribution >= 4 is 15.7 Å². The summed E-state index contributed by atoms with van der Waals surface area (Å²) in [6.07, 6.45) is 5.17. The van der Waals surface area contributed by atoms with Crippen LogP contribution in [0.4, 0.5) is 5.69 Å². The number of ether oxygens (including phenoxy) is 1. The van der Waals surface area contributed by atoms with Gasteiger partial charge in [0.05, 0.1) is 7.11 Å². The molecule has 2 N–H and O–H groups in total.